The fourth-order valence-electron chi connectivity index (χ4n) is 1.32. The molecule has 0 fully saturated rings. The number of hydrogen-bond donors (Lipinski definition) is 1. The molecule has 0 amide bonds. The highest BCUT2D eigenvalue weighted by atomic mass is 16.5. The Kier molecular flexibility index (Phi) is 5.72. The van der Waals surface area contributed by atoms with Crippen LogP contribution in [0.25, 0.3) is 0 Å². The second-order valence-electron chi connectivity index (χ2n) is 3.71. The molecule has 3 heteroatoms. The molecule has 0 aromatic heterocycles. The predicted molar refractivity (Wildman–Crippen MR) is 64.1 cm³/mol. The Labute approximate surface area is 97.0 Å². The Morgan fingerprint density at radius 1 is 1.19 bits per heavy atom. The molecule has 1 aromatic rings. The third-order valence-electron chi connectivity index (χ3n) is 2.38. The van der Waals surface area contributed by atoms with Crippen LogP contribution in [-0.4, -0.2) is 24.9 Å². The molecule has 1 aromatic carbocycles. The summed E-state index contributed by atoms with van der Waals surface area (Å²) in [6.45, 7) is 5.88. The number of phenols is 1. The Hall–Kier alpha value is -1.22. The zero-order valence-corrected chi connectivity index (χ0v) is 10.0. The molecule has 90 valence electrons. The summed E-state index contributed by atoms with van der Waals surface area (Å²) in [5.41, 5.74) is 0.774. The van der Waals surface area contributed by atoms with Gasteiger partial charge in [0.2, 0.25) is 0 Å². The van der Waals surface area contributed by atoms with Crippen molar-refractivity contribution in [1.29, 1.82) is 0 Å². The molecular formula is C13H20O3. The van der Waals surface area contributed by atoms with E-state index in [4.69, 9.17) is 9.47 Å². The van der Waals surface area contributed by atoms with Gasteiger partial charge in [0.25, 0.3) is 0 Å². The van der Waals surface area contributed by atoms with Gasteiger partial charge >= 0.3 is 0 Å². The van der Waals surface area contributed by atoms with Crippen LogP contribution in [0.5, 0.6) is 11.5 Å². The number of rotatable bonds is 7. The zero-order chi connectivity index (χ0) is 11.8. The molecule has 0 aliphatic heterocycles. The average molecular weight is 224 g/mol. The quantitative estimate of drug-likeness (QED) is 0.724. The minimum atomic E-state index is 0.268. The van der Waals surface area contributed by atoms with E-state index in [-0.39, 0.29) is 5.75 Å². The summed E-state index contributed by atoms with van der Waals surface area (Å²) in [5, 5.41) is 9.46. The molecule has 0 bridgehead atoms. The lowest BCUT2D eigenvalue weighted by atomic mass is 10.2. The van der Waals surface area contributed by atoms with Crippen molar-refractivity contribution < 1.29 is 14.6 Å². The van der Waals surface area contributed by atoms with Gasteiger partial charge in [-0.2, -0.15) is 0 Å². The molecule has 0 aliphatic rings. The molecule has 0 saturated heterocycles. The molecule has 0 radical (unpaired) electrons. The minimum Gasteiger partial charge on any atom is -0.508 e. The first-order valence-corrected chi connectivity index (χ1v) is 5.74. The molecule has 0 atom stereocenters. The first kappa shape index (κ1) is 12.8. The van der Waals surface area contributed by atoms with E-state index >= 15 is 0 Å². The zero-order valence-electron chi connectivity index (χ0n) is 10.0. The standard InChI is InChI=1S/C13H20O3/c1-3-4-8-15-9-10-16-13-7-5-6-12(14)11(13)2/h5-7,14H,3-4,8-10H2,1-2H3. The van der Waals surface area contributed by atoms with Crippen molar-refractivity contribution >= 4 is 0 Å². The van der Waals surface area contributed by atoms with Gasteiger partial charge in [-0.1, -0.05) is 19.4 Å². The smallest absolute Gasteiger partial charge is 0.126 e. The van der Waals surface area contributed by atoms with Crippen LogP contribution in [-0.2, 0) is 4.74 Å². The maximum atomic E-state index is 9.46. The van der Waals surface area contributed by atoms with E-state index < -0.39 is 0 Å². The first-order valence-electron chi connectivity index (χ1n) is 5.74. The molecule has 0 unspecified atom stereocenters. The minimum absolute atomic E-state index is 0.268. The summed E-state index contributed by atoms with van der Waals surface area (Å²) in [7, 11) is 0. The lowest BCUT2D eigenvalue weighted by Gasteiger charge is -2.10. The molecule has 16 heavy (non-hydrogen) atoms. The molecular weight excluding hydrogens is 204 g/mol. The Morgan fingerprint density at radius 2 is 2.00 bits per heavy atom. The number of benzene rings is 1. The molecule has 0 spiro atoms. The average Bonchev–Trinajstić information content (AvgIpc) is 2.29. The molecule has 0 saturated carbocycles. The van der Waals surface area contributed by atoms with E-state index in [9.17, 15) is 5.11 Å². The topological polar surface area (TPSA) is 38.7 Å². The van der Waals surface area contributed by atoms with Gasteiger partial charge in [0, 0.05) is 12.2 Å². The number of ether oxygens (including phenoxy) is 2. The van der Waals surface area contributed by atoms with Crippen LogP contribution in [0.4, 0.5) is 0 Å². The number of aromatic hydroxyl groups is 1. The van der Waals surface area contributed by atoms with Gasteiger partial charge in [-0.25, -0.2) is 0 Å². The van der Waals surface area contributed by atoms with Crippen molar-refractivity contribution in [3.05, 3.63) is 23.8 Å². The number of unbranched alkanes of at least 4 members (excludes halogenated alkanes) is 1. The van der Waals surface area contributed by atoms with Crippen LogP contribution in [0.2, 0.25) is 0 Å². The van der Waals surface area contributed by atoms with Crippen molar-refractivity contribution in [3.8, 4) is 11.5 Å². The van der Waals surface area contributed by atoms with Crippen LogP contribution in [0.1, 0.15) is 25.3 Å². The largest absolute Gasteiger partial charge is 0.508 e. The van der Waals surface area contributed by atoms with Crippen molar-refractivity contribution in [2.75, 3.05) is 19.8 Å². The highest BCUT2D eigenvalue weighted by Gasteiger charge is 2.02. The Morgan fingerprint density at radius 3 is 2.75 bits per heavy atom. The van der Waals surface area contributed by atoms with Crippen molar-refractivity contribution in [2.24, 2.45) is 0 Å². The second-order valence-corrected chi connectivity index (χ2v) is 3.71. The predicted octanol–water partition coefficient (Wildman–Crippen LogP) is 2.90. The Bertz CT molecular complexity index is 310. The second kappa shape index (κ2) is 7.12. The van der Waals surface area contributed by atoms with E-state index in [2.05, 4.69) is 6.92 Å². The van der Waals surface area contributed by atoms with Crippen LogP contribution in [0.3, 0.4) is 0 Å². The lowest BCUT2D eigenvalue weighted by Crippen LogP contribution is -2.08. The van der Waals surface area contributed by atoms with Gasteiger partial charge in [-0.3, -0.25) is 0 Å². The summed E-state index contributed by atoms with van der Waals surface area (Å²) >= 11 is 0. The van der Waals surface area contributed by atoms with Crippen LogP contribution < -0.4 is 4.74 Å². The lowest BCUT2D eigenvalue weighted by molar-refractivity contribution is 0.0977. The van der Waals surface area contributed by atoms with Crippen LogP contribution >= 0.6 is 0 Å². The van der Waals surface area contributed by atoms with Gasteiger partial charge in [0.05, 0.1) is 6.61 Å². The first-order chi connectivity index (χ1) is 7.75. The molecule has 1 N–H and O–H groups in total. The molecule has 0 heterocycles. The van der Waals surface area contributed by atoms with Crippen molar-refractivity contribution in [2.45, 2.75) is 26.7 Å². The maximum absolute atomic E-state index is 9.46. The van der Waals surface area contributed by atoms with Gasteiger partial charge in [-0.05, 0) is 25.5 Å². The third kappa shape index (κ3) is 4.11. The monoisotopic (exact) mass is 224 g/mol. The van der Waals surface area contributed by atoms with E-state index in [1.807, 2.05) is 13.0 Å². The maximum Gasteiger partial charge on any atom is 0.126 e. The molecule has 0 aliphatic carbocycles. The van der Waals surface area contributed by atoms with Crippen molar-refractivity contribution in [1.82, 2.24) is 0 Å². The van der Waals surface area contributed by atoms with Crippen molar-refractivity contribution in [3.63, 3.8) is 0 Å². The normalized spacial score (nSPS) is 10.4. The van der Waals surface area contributed by atoms with Gasteiger partial charge in [0.1, 0.15) is 18.1 Å². The summed E-state index contributed by atoms with van der Waals surface area (Å²) in [5.74, 6) is 0.989. The Balaban J connectivity index is 2.24. The molecule has 1 rings (SSSR count). The van der Waals surface area contributed by atoms with E-state index in [0.29, 0.717) is 13.2 Å². The number of phenolic OH excluding ortho intramolecular Hbond substituents is 1. The summed E-state index contributed by atoms with van der Waals surface area (Å²) in [4.78, 5) is 0. The highest BCUT2D eigenvalue weighted by Crippen LogP contribution is 2.25. The SMILES string of the molecule is CCCCOCCOc1cccc(O)c1C. The number of hydrogen-bond acceptors (Lipinski definition) is 3. The molecule has 3 nitrogen and oxygen atoms in total. The van der Waals surface area contributed by atoms with Crippen LogP contribution in [0, 0.1) is 6.92 Å². The third-order valence-corrected chi connectivity index (χ3v) is 2.38. The van der Waals surface area contributed by atoms with Crippen LogP contribution in [0.15, 0.2) is 18.2 Å². The highest BCUT2D eigenvalue weighted by molar-refractivity contribution is 5.42. The van der Waals surface area contributed by atoms with E-state index in [1.54, 1.807) is 12.1 Å². The van der Waals surface area contributed by atoms with E-state index in [0.717, 1.165) is 30.8 Å². The van der Waals surface area contributed by atoms with Gasteiger partial charge in [-0.15, -0.1) is 0 Å². The summed E-state index contributed by atoms with van der Waals surface area (Å²) in [6.07, 6.45) is 2.23. The fraction of sp³-hybridized carbons (Fsp3) is 0.538. The van der Waals surface area contributed by atoms with E-state index in [1.165, 1.54) is 0 Å². The van der Waals surface area contributed by atoms with Gasteiger partial charge in [0.15, 0.2) is 0 Å². The van der Waals surface area contributed by atoms with Gasteiger partial charge < -0.3 is 14.6 Å². The fourth-order valence-corrected chi connectivity index (χ4v) is 1.32. The summed E-state index contributed by atoms with van der Waals surface area (Å²) in [6, 6.07) is 5.27. The summed E-state index contributed by atoms with van der Waals surface area (Å²) < 4.78 is 10.9.